The van der Waals surface area contributed by atoms with Gasteiger partial charge < -0.3 is 0 Å². The average Bonchev–Trinajstić information content (AvgIpc) is 2.95. The number of nitrogens with zero attached hydrogens (tertiary/aromatic N) is 2. The van der Waals surface area contributed by atoms with Gasteiger partial charge in [0, 0.05) is 12.6 Å². The maximum Gasteiger partial charge on any atom is 0.329 e. The number of imidazole rings is 1. The molecule has 114 valence electrons. The highest BCUT2D eigenvalue weighted by Gasteiger charge is 2.28. The van der Waals surface area contributed by atoms with Gasteiger partial charge in [0.25, 0.3) is 0 Å². The van der Waals surface area contributed by atoms with Gasteiger partial charge in [0.1, 0.15) is 0 Å². The third kappa shape index (κ3) is 2.05. The third-order valence-corrected chi connectivity index (χ3v) is 5.05. The Morgan fingerprint density at radius 1 is 1.19 bits per heavy atom. The molecule has 0 radical (unpaired) electrons. The topological polar surface area (TPSA) is 26.9 Å². The number of benzene rings is 1. The first kappa shape index (κ1) is 14.4. The van der Waals surface area contributed by atoms with Crippen LogP contribution in [-0.2, 0) is 19.4 Å². The van der Waals surface area contributed by atoms with Crippen LogP contribution >= 0.6 is 0 Å². The van der Waals surface area contributed by atoms with E-state index in [1.165, 1.54) is 16.6 Å². The smallest absolute Gasteiger partial charge is 0.292 e. The van der Waals surface area contributed by atoms with Gasteiger partial charge in [-0.15, -0.1) is 0 Å². The lowest BCUT2D eigenvalue weighted by Crippen LogP contribution is -2.25. The molecule has 0 saturated heterocycles. The molecule has 21 heavy (non-hydrogen) atoms. The fourth-order valence-electron chi connectivity index (χ4n) is 3.79. The molecular weight excluding hydrogens is 260 g/mol. The van der Waals surface area contributed by atoms with E-state index in [1.807, 2.05) is 9.13 Å². The Hall–Kier alpha value is -1.51. The zero-order chi connectivity index (χ0) is 15.3. The first-order chi connectivity index (χ1) is 9.95. The fourth-order valence-corrected chi connectivity index (χ4v) is 3.79. The minimum atomic E-state index is 0.142. The van der Waals surface area contributed by atoms with E-state index in [1.54, 1.807) is 0 Å². The first-order valence-electron chi connectivity index (χ1n) is 8.21. The molecule has 3 heteroatoms. The zero-order valence-corrected chi connectivity index (χ0v) is 13.8. The van der Waals surface area contributed by atoms with E-state index in [2.05, 4.69) is 46.8 Å². The molecule has 2 aromatic rings. The van der Waals surface area contributed by atoms with Crippen LogP contribution in [0.4, 0.5) is 0 Å². The molecule has 1 aliphatic rings. The maximum absolute atomic E-state index is 12.7. The zero-order valence-electron chi connectivity index (χ0n) is 13.8. The SMILES string of the molecule is CCn1c(=O)n(C(C)C)c2ccc3c(c21)CC(C(C)C)C3. The van der Waals surface area contributed by atoms with Crippen molar-refractivity contribution in [1.29, 1.82) is 0 Å². The largest absolute Gasteiger partial charge is 0.329 e. The van der Waals surface area contributed by atoms with Gasteiger partial charge in [0.05, 0.1) is 11.0 Å². The van der Waals surface area contributed by atoms with Crippen LogP contribution in [-0.4, -0.2) is 9.13 Å². The van der Waals surface area contributed by atoms with E-state index in [-0.39, 0.29) is 11.7 Å². The molecule has 3 rings (SSSR count). The fraction of sp³-hybridized carbons (Fsp3) is 0.611. The summed E-state index contributed by atoms with van der Waals surface area (Å²) < 4.78 is 3.92. The van der Waals surface area contributed by atoms with Crippen LogP contribution in [0, 0.1) is 11.8 Å². The average molecular weight is 286 g/mol. The summed E-state index contributed by atoms with van der Waals surface area (Å²) >= 11 is 0. The minimum absolute atomic E-state index is 0.142. The summed E-state index contributed by atoms with van der Waals surface area (Å²) in [4.78, 5) is 12.7. The maximum atomic E-state index is 12.7. The monoisotopic (exact) mass is 286 g/mol. The van der Waals surface area contributed by atoms with Gasteiger partial charge >= 0.3 is 5.69 Å². The number of aromatic nitrogens is 2. The molecule has 1 aromatic heterocycles. The van der Waals surface area contributed by atoms with Crippen molar-refractivity contribution < 1.29 is 0 Å². The van der Waals surface area contributed by atoms with Crippen LogP contribution in [0.2, 0.25) is 0 Å². The number of hydrogen-bond donors (Lipinski definition) is 0. The quantitative estimate of drug-likeness (QED) is 0.843. The summed E-state index contributed by atoms with van der Waals surface area (Å²) in [6.07, 6.45) is 2.28. The van der Waals surface area contributed by atoms with Crippen molar-refractivity contribution in [1.82, 2.24) is 9.13 Å². The minimum Gasteiger partial charge on any atom is -0.292 e. The molecular formula is C18H26N2O. The van der Waals surface area contributed by atoms with E-state index in [4.69, 9.17) is 0 Å². The highest BCUT2D eigenvalue weighted by Crippen LogP contribution is 2.36. The summed E-state index contributed by atoms with van der Waals surface area (Å²) in [5, 5.41) is 0. The van der Waals surface area contributed by atoms with E-state index in [0.717, 1.165) is 24.9 Å². The van der Waals surface area contributed by atoms with Crippen LogP contribution in [0.15, 0.2) is 16.9 Å². The molecule has 0 aliphatic heterocycles. The Morgan fingerprint density at radius 3 is 2.48 bits per heavy atom. The molecule has 1 atom stereocenters. The normalized spacial score (nSPS) is 18.1. The molecule has 1 heterocycles. The molecule has 0 bridgehead atoms. The van der Waals surface area contributed by atoms with Crippen molar-refractivity contribution in [2.45, 2.75) is 60.0 Å². The molecule has 1 unspecified atom stereocenters. The van der Waals surface area contributed by atoms with Crippen LogP contribution in [0.5, 0.6) is 0 Å². The van der Waals surface area contributed by atoms with Crippen molar-refractivity contribution in [3.8, 4) is 0 Å². The number of hydrogen-bond acceptors (Lipinski definition) is 1. The molecule has 0 fully saturated rings. The number of aryl methyl sites for hydroxylation is 1. The molecule has 1 aromatic carbocycles. The van der Waals surface area contributed by atoms with Gasteiger partial charge in [-0.1, -0.05) is 19.9 Å². The molecule has 0 N–H and O–H groups in total. The lowest BCUT2D eigenvalue weighted by Gasteiger charge is -2.12. The molecule has 0 saturated carbocycles. The van der Waals surface area contributed by atoms with Crippen molar-refractivity contribution in [2.24, 2.45) is 11.8 Å². The van der Waals surface area contributed by atoms with Gasteiger partial charge in [0.15, 0.2) is 0 Å². The van der Waals surface area contributed by atoms with E-state index in [9.17, 15) is 4.79 Å². The Morgan fingerprint density at radius 2 is 1.90 bits per heavy atom. The van der Waals surface area contributed by atoms with Gasteiger partial charge in [-0.2, -0.15) is 0 Å². The van der Waals surface area contributed by atoms with Crippen molar-refractivity contribution in [2.75, 3.05) is 0 Å². The molecule has 3 nitrogen and oxygen atoms in total. The lowest BCUT2D eigenvalue weighted by molar-refractivity contribution is 0.404. The summed E-state index contributed by atoms with van der Waals surface area (Å²) in [5.41, 5.74) is 5.31. The van der Waals surface area contributed by atoms with Gasteiger partial charge in [0.2, 0.25) is 0 Å². The second-order valence-corrected chi connectivity index (χ2v) is 6.97. The predicted octanol–water partition coefficient (Wildman–Crippen LogP) is 3.77. The van der Waals surface area contributed by atoms with Crippen molar-refractivity contribution in [3.63, 3.8) is 0 Å². The number of fused-ring (bicyclic) bond motifs is 3. The van der Waals surface area contributed by atoms with E-state index >= 15 is 0 Å². The second kappa shape index (κ2) is 5.04. The van der Waals surface area contributed by atoms with Crippen molar-refractivity contribution in [3.05, 3.63) is 33.7 Å². The first-order valence-corrected chi connectivity index (χ1v) is 8.21. The van der Waals surface area contributed by atoms with Crippen LogP contribution in [0.25, 0.3) is 11.0 Å². The van der Waals surface area contributed by atoms with E-state index < -0.39 is 0 Å². The molecule has 0 amide bonds. The van der Waals surface area contributed by atoms with Crippen molar-refractivity contribution >= 4 is 11.0 Å². The highest BCUT2D eigenvalue weighted by molar-refractivity contribution is 5.82. The van der Waals surface area contributed by atoms with Crippen LogP contribution in [0.3, 0.4) is 0 Å². The summed E-state index contributed by atoms with van der Waals surface area (Å²) in [6.45, 7) is 11.6. The van der Waals surface area contributed by atoms with Crippen LogP contribution in [0.1, 0.15) is 51.8 Å². The second-order valence-electron chi connectivity index (χ2n) is 6.97. The van der Waals surface area contributed by atoms with Gasteiger partial charge in [-0.05, 0) is 62.6 Å². The highest BCUT2D eigenvalue weighted by atomic mass is 16.1. The number of rotatable bonds is 3. The summed E-state index contributed by atoms with van der Waals surface area (Å²) in [7, 11) is 0. The summed E-state index contributed by atoms with van der Waals surface area (Å²) in [6, 6.07) is 4.61. The Kier molecular flexibility index (Phi) is 3.46. The van der Waals surface area contributed by atoms with Gasteiger partial charge in [-0.25, -0.2) is 4.79 Å². The Bertz CT molecular complexity index is 734. The predicted molar refractivity (Wildman–Crippen MR) is 88.0 cm³/mol. The Labute approximate surface area is 126 Å². The molecule has 1 aliphatic carbocycles. The Balaban J connectivity index is 2.29. The lowest BCUT2D eigenvalue weighted by atomic mass is 9.93. The van der Waals surface area contributed by atoms with Gasteiger partial charge in [-0.3, -0.25) is 9.13 Å². The standard InChI is InChI=1S/C18H26N2O/c1-6-19-17-15-10-14(11(2)3)9-13(15)7-8-16(17)20(12(4)5)18(19)21/h7-8,11-12,14H,6,9-10H2,1-5H3. The molecule has 0 spiro atoms. The van der Waals surface area contributed by atoms with E-state index in [0.29, 0.717) is 11.8 Å². The van der Waals surface area contributed by atoms with Crippen LogP contribution < -0.4 is 5.69 Å². The third-order valence-electron chi connectivity index (χ3n) is 5.05. The summed E-state index contributed by atoms with van der Waals surface area (Å²) in [5.74, 6) is 1.41.